The van der Waals surface area contributed by atoms with Crippen LogP contribution in [0.2, 0.25) is 0 Å². The Bertz CT molecular complexity index is 428. The molecule has 1 N–H and O–H groups in total. The molecule has 1 aromatic rings. The van der Waals surface area contributed by atoms with Crippen LogP contribution >= 0.6 is 15.9 Å². The second-order valence-corrected chi connectivity index (χ2v) is 6.02. The standard InChI is InChI=1S/C14H17BrF2O/c1-8-2-4-9(5-3-8)14(18)10-6-7-11(16)13(17)12(10)15/h6-9,14,18H,2-5H2,1H3. The van der Waals surface area contributed by atoms with Crippen molar-refractivity contribution in [1.29, 1.82) is 0 Å². The summed E-state index contributed by atoms with van der Waals surface area (Å²) in [5.74, 6) is -0.977. The van der Waals surface area contributed by atoms with Crippen molar-refractivity contribution in [2.24, 2.45) is 11.8 Å². The van der Waals surface area contributed by atoms with Crippen LogP contribution in [0.5, 0.6) is 0 Å². The highest BCUT2D eigenvalue weighted by atomic mass is 79.9. The van der Waals surface area contributed by atoms with Crippen LogP contribution in [-0.2, 0) is 0 Å². The molecule has 0 radical (unpaired) electrons. The molecule has 1 unspecified atom stereocenters. The molecule has 0 saturated heterocycles. The molecule has 100 valence electrons. The lowest BCUT2D eigenvalue weighted by Gasteiger charge is -2.30. The van der Waals surface area contributed by atoms with Gasteiger partial charge in [-0.2, -0.15) is 0 Å². The maximum absolute atomic E-state index is 13.4. The van der Waals surface area contributed by atoms with Crippen LogP contribution in [0.1, 0.15) is 44.3 Å². The smallest absolute Gasteiger partial charge is 0.173 e. The van der Waals surface area contributed by atoms with Gasteiger partial charge in [0, 0.05) is 0 Å². The molecule has 1 nitrogen and oxygen atoms in total. The Morgan fingerprint density at radius 2 is 1.83 bits per heavy atom. The van der Waals surface area contributed by atoms with E-state index < -0.39 is 17.7 Å². The van der Waals surface area contributed by atoms with E-state index in [9.17, 15) is 13.9 Å². The summed E-state index contributed by atoms with van der Waals surface area (Å²) >= 11 is 3.04. The molecular weight excluding hydrogens is 302 g/mol. The average molecular weight is 319 g/mol. The number of rotatable bonds is 2. The fourth-order valence-corrected chi connectivity index (χ4v) is 3.18. The minimum Gasteiger partial charge on any atom is -0.388 e. The average Bonchev–Trinajstić information content (AvgIpc) is 2.36. The molecule has 18 heavy (non-hydrogen) atoms. The van der Waals surface area contributed by atoms with Crippen LogP contribution in [0.25, 0.3) is 0 Å². The normalized spacial score (nSPS) is 26.1. The number of aliphatic hydroxyl groups is 1. The highest BCUT2D eigenvalue weighted by molar-refractivity contribution is 9.10. The second kappa shape index (κ2) is 5.66. The predicted octanol–water partition coefficient (Wildman–Crippen LogP) is 4.59. The molecular formula is C14H17BrF2O. The molecule has 1 fully saturated rings. The summed E-state index contributed by atoms with van der Waals surface area (Å²) in [5.41, 5.74) is 0.452. The zero-order valence-electron chi connectivity index (χ0n) is 10.3. The molecule has 4 heteroatoms. The van der Waals surface area contributed by atoms with Crippen LogP contribution in [0.3, 0.4) is 0 Å². The van der Waals surface area contributed by atoms with Crippen molar-refractivity contribution in [2.75, 3.05) is 0 Å². The maximum Gasteiger partial charge on any atom is 0.173 e. The van der Waals surface area contributed by atoms with Gasteiger partial charge in [-0.25, -0.2) is 8.78 Å². The Morgan fingerprint density at radius 3 is 2.44 bits per heavy atom. The third-order valence-corrected chi connectivity index (χ3v) is 4.70. The largest absolute Gasteiger partial charge is 0.388 e. The van der Waals surface area contributed by atoms with Gasteiger partial charge in [0.2, 0.25) is 0 Å². The molecule has 0 heterocycles. The fourth-order valence-electron chi connectivity index (χ4n) is 2.62. The first-order chi connectivity index (χ1) is 8.50. The molecule has 0 bridgehead atoms. The topological polar surface area (TPSA) is 20.2 Å². The molecule has 0 spiro atoms. The van der Waals surface area contributed by atoms with E-state index in [0.29, 0.717) is 11.5 Å². The third kappa shape index (κ3) is 2.75. The van der Waals surface area contributed by atoms with E-state index in [-0.39, 0.29) is 10.4 Å². The van der Waals surface area contributed by atoms with Crippen molar-refractivity contribution in [2.45, 2.75) is 38.7 Å². The Labute approximate surface area is 114 Å². The number of aliphatic hydroxyl groups excluding tert-OH is 1. The summed E-state index contributed by atoms with van der Waals surface area (Å²) in [6, 6.07) is 2.54. The lowest BCUT2D eigenvalue weighted by Crippen LogP contribution is -2.20. The van der Waals surface area contributed by atoms with Gasteiger partial charge in [-0.05, 0) is 52.2 Å². The van der Waals surface area contributed by atoms with Crippen molar-refractivity contribution in [1.82, 2.24) is 0 Å². The monoisotopic (exact) mass is 318 g/mol. The Morgan fingerprint density at radius 1 is 1.22 bits per heavy atom. The van der Waals surface area contributed by atoms with E-state index in [2.05, 4.69) is 22.9 Å². The molecule has 0 amide bonds. The van der Waals surface area contributed by atoms with Crippen LogP contribution in [-0.4, -0.2) is 5.11 Å². The van der Waals surface area contributed by atoms with Crippen molar-refractivity contribution in [3.05, 3.63) is 33.8 Å². The SMILES string of the molecule is CC1CCC(C(O)c2ccc(F)c(F)c2Br)CC1. The summed E-state index contributed by atoms with van der Waals surface area (Å²) in [6.07, 6.45) is 3.33. The van der Waals surface area contributed by atoms with Gasteiger partial charge in [-0.15, -0.1) is 0 Å². The zero-order valence-corrected chi connectivity index (χ0v) is 11.9. The van der Waals surface area contributed by atoms with Gasteiger partial charge >= 0.3 is 0 Å². The highest BCUT2D eigenvalue weighted by Gasteiger charge is 2.28. The molecule has 0 aromatic heterocycles. The van der Waals surface area contributed by atoms with Crippen LogP contribution in [0, 0.1) is 23.5 Å². The number of hydrogen-bond donors (Lipinski definition) is 1. The molecule has 1 saturated carbocycles. The maximum atomic E-state index is 13.4. The van der Waals surface area contributed by atoms with Crippen LogP contribution in [0.15, 0.2) is 16.6 Å². The first kappa shape index (κ1) is 13.9. The van der Waals surface area contributed by atoms with E-state index in [4.69, 9.17) is 0 Å². The van der Waals surface area contributed by atoms with E-state index >= 15 is 0 Å². The Balaban J connectivity index is 2.18. The lowest BCUT2D eigenvalue weighted by atomic mass is 9.78. The summed E-state index contributed by atoms with van der Waals surface area (Å²) < 4.78 is 26.5. The van der Waals surface area contributed by atoms with Crippen LogP contribution < -0.4 is 0 Å². The van der Waals surface area contributed by atoms with E-state index in [1.165, 1.54) is 6.07 Å². The minimum absolute atomic E-state index is 0.0496. The first-order valence-corrected chi connectivity index (χ1v) is 7.11. The highest BCUT2D eigenvalue weighted by Crippen LogP contribution is 2.39. The third-order valence-electron chi connectivity index (χ3n) is 3.89. The summed E-state index contributed by atoms with van der Waals surface area (Å²) in [4.78, 5) is 0. The Kier molecular flexibility index (Phi) is 4.38. The van der Waals surface area contributed by atoms with Gasteiger partial charge < -0.3 is 5.11 Å². The van der Waals surface area contributed by atoms with Crippen molar-refractivity contribution in [3.8, 4) is 0 Å². The van der Waals surface area contributed by atoms with Gasteiger partial charge in [0.05, 0.1) is 10.6 Å². The van der Waals surface area contributed by atoms with Crippen molar-refractivity contribution >= 4 is 15.9 Å². The number of halogens is 3. The minimum atomic E-state index is -0.921. The molecule has 1 aromatic carbocycles. The van der Waals surface area contributed by atoms with Gasteiger partial charge in [0.25, 0.3) is 0 Å². The number of benzene rings is 1. The van der Waals surface area contributed by atoms with E-state index in [1.54, 1.807) is 0 Å². The van der Waals surface area contributed by atoms with Crippen LogP contribution in [0.4, 0.5) is 8.78 Å². The predicted molar refractivity (Wildman–Crippen MR) is 70.1 cm³/mol. The van der Waals surface area contributed by atoms with Gasteiger partial charge in [-0.1, -0.05) is 25.8 Å². The van der Waals surface area contributed by atoms with Crippen molar-refractivity contribution < 1.29 is 13.9 Å². The lowest BCUT2D eigenvalue weighted by molar-refractivity contribution is 0.0746. The number of hydrogen-bond acceptors (Lipinski definition) is 1. The molecule has 1 atom stereocenters. The Hall–Kier alpha value is -0.480. The quantitative estimate of drug-likeness (QED) is 0.791. The first-order valence-electron chi connectivity index (χ1n) is 6.32. The summed E-state index contributed by atoms with van der Waals surface area (Å²) in [5, 5.41) is 10.3. The van der Waals surface area contributed by atoms with Gasteiger partial charge in [0.15, 0.2) is 11.6 Å². The molecule has 2 rings (SSSR count). The zero-order chi connectivity index (χ0) is 13.3. The molecule has 0 aliphatic heterocycles. The van der Waals surface area contributed by atoms with Gasteiger partial charge in [0.1, 0.15) is 0 Å². The summed E-state index contributed by atoms with van der Waals surface area (Å²) in [6.45, 7) is 2.20. The second-order valence-electron chi connectivity index (χ2n) is 5.23. The molecule has 1 aliphatic carbocycles. The fraction of sp³-hybridized carbons (Fsp3) is 0.571. The van der Waals surface area contributed by atoms with E-state index in [1.807, 2.05) is 0 Å². The van der Waals surface area contributed by atoms with E-state index in [0.717, 1.165) is 31.7 Å². The molecule has 1 aliphatic rings. The van der Waals surface area contributed by atoms with Gasteiger partial charge in [-0.3, -0.25) is 0 Å². The van der Waals surface area contributed by atoms with Crippen molar-refractivity contribution in [3.63, 3.8) is 0 Å². The summed E-state index contributed by atoms with van der Waals surface area (Å²) in [7, 11) is 0.